The molecule has 3 heteroatoms. The number of carbonyl (C=O) groups excluding carboxylic acids is 1. The van der Waals surface area contributed by atoms with Gasteiger partial charge >= 0.3 is 6.03 Å². The van der Waals surface area contributed by atoms with Gasteiger partial charge in [-0.2, -0.15) is 0 Å². The van der Waals surface area contributed by atoms with E-state index in [2.05, 4.69) is 24.5 Å². The molecule has 0 saturated carbocycles. The third-order valence-electron chi connectivity index (χ3n) is 3.40. The van der Waals surface area contributed by atoms with Gasteiger partial charge < -0.3 is 10.6 Å². The Morgan fingerprint density at radius 2 is 1.89 bits per heavy atom. The van der Waals surface area contributed by atoms with Crippen molar-refractivity contribution in [1.29, 1.82) is 0 Å². The summed E-state index contributed by atoms with van der Waals surface area (Å²) in [5.41, 5.74) is 2.03. The summed E-state index contributed by atoms with van der Waals surface area (Å²) < 4.78 is 0. The topological polar surface area (TPSA) is 41.1 Å². The third kappa shape index (κ3) is 6.27. The Morgan fingerprint density at radius 1 is 1.21 bits per heavy atom. The Kier molecular flexibility index (Phi) is 7.01. The molecule has 0 aliphatic carbocycles. The van der Waals surface area contributed by atoms with E-state index in [-0.39, 0.29) is 6.03 Å². The quantitative estimate of drug-likeness (QED) is 0.754. The van der Waals surface area contributed by atoms with Gasteiger partial charge in [-0.3, -0.25) is 0 Å². The first kappa shape index (κ1) is 15.5. The highest BCUT2D eigenvalue weighted by molar-refractivity contribution is 5.89. The van der Waals surface area contributed by atoms with Gasteiger partial charge in [0.1, 0.15) is 0 Å². The predicted molar refractivity (Wildman–Crippen MR) is 81.5 cm³/mol. The summed E-state index contributed by atoms with van der Waals surface area (Å²) in [5.74, 6) is 0.587. The lowest BCUT2D eigenvalue weighted by atomic mass is 9.99. The van der Waals surface area contributed by atoms with Crippen molar-refractivity contribution < 1.29 is 4.79 Å². The van der Waals surface area contributed by atoms with Crippen LogP contribution in [0.25, 0.3) is 0 Å². The zero-order valence-corrected chi connectivity index (χ0v) is 12.3. The van der Waals surface area contributed by atoms with Crippen LogP contribution in [-0.4, -0.2) is 12.6 Å². The van der Waals surface area contributed by atoms with Gasteiger partial charge in [0.05, 0.1) is 0 Å². The van der Waals surface area contributed by atoms with Gasteiger partial charge in [-0.05, 0) is 31.4 Å². The lowest BCUT2D eigenvalue weighted by Crippen LogP contribution is -2.33. The fourth-order valence-electron chi connectivity index (χ4n) is 1.99. The molecule has 2 amide bonds. The maximum Gasteiger partial charge on any atom is 0.319 e. The van der Waals surface area contributed by atoms with E-state index in [1.165, 1.54) is 24.8 Å². The van der Waals surface area contributed by atoms with Crippen LogP contribution >= 0.6 is 0 Å². The Hall–Kier alpha value is -1.51. The molecular weight excluding hydrogens is 236 g/mol. The van der Waals surface area contributed by atoms with E-state index in [9.17, 15) is 4.79 Å². The minimum Gasteiger partial charge on any atom is -0.338 e. The van der Waals surface area contributed by atoms with E-state index >= 15 is 0 Å². The number of rotatable bonds is 7. The smallest absolute Gasteiger partial charge is 0.319 e. The molecule has 0 heterocycles. The van der Waals surface area contributed by atoms with Crippen LogP contribution in [0, 0.1) is 12.8 Å². The molecule has 1 rings (SSSR count). The van der Waals surface area contributed by atoms with E-state index in [0.717, 1.165) is 18.7 Å². The molecule has 106 valence electrons. The van der Waals surface area contributed by atoms with Gasteiger partial charge in [-0.1, -0.05) is 50.8 Å². The Morgan fingerprint density at radius 3 is 2.47 bits per heavy atom. The summed E-state index contributed by atoms with van der Waals surface area (Å²) in [5, 5.41) is 5.81. The summed E-state index contributed by atoms with van der Waals surface area (Å²) in [6.07, 6.45) is 4.76. The molecule has 0 saturated heterocycles. The summed E-state index contributed by atoms with van der Waals surface area (Å²) in [4.78, 5) is 11.8. The second-order valence-electron chi connectivity index (χ2n) is 5.12. The van der Waals surface area contributed by atoms with Crippen LogP contribution in [0.4, 0.5) is 10.5 Å². The van der Waals surface area contributed by atoms with Crippen molar-refractivity contribution in [3.8, 4) is 0 Å². The van der Waals surface area contributed by atoms with E-state index in [1.54, 1.807) is 0 Å². The second kappa shape index (κ2) is 8.57. The average molecular weight is 262 g/mol. The summed E-state index contributed by atoms with van der Waals surface area (Å²) in [6, 6.07) is 7.71. The van der Waals surface area contributed by atoms with Crippen molar-refractivity contribution in [1.82, 2.24) is 5.32 Å². The number of urea groups is 1. The van der Waals surface area contributed by atoms with Gasteiger partial charge in [0.15, 0.2) is 0 Å². The third-order valence-corrected chi connectivity index (χ3v) is 3.40. The van der Waals surface area contributed by atoms with Crippen LogP contribution < -0.4 is 10.6 Å². The molecule has 0 aliphatic heterocycles. The number of aryl methyl sites for hydroxylation is 1. The highest BCUT2D eigenvalue weighted by Gasteiger charge is 2.08. The SMILES string of the molecule is CCCCC(CC)CNC(=O)Nc1ccc(C)cc1. The van der Waals surface area contributed by atoms with E-state index in [1.807, 2.05) is 31.2 Å². The standard InChI is InChI=1S/C16H26N2O/c1-4-6-7-14(5-2)12-17-16(19)18-15-10-8-13(3)9-11-15/h8-11,14H,4-7,12H2,1-3H3,(H2,17,18,19). The number of amides is 2. The van der Waals surface area contributed by atoms with Crippen LogP contribution in [0.5, 0.6) is 0 Å². The first-order valence-corrected chi connectivity index (χ1v) is 7.27. The lowest BCUT2D eigenvalue weighted by molar-refractivity contribution is 0.249. The van der Waals surface area contributed by atoms with Crippen molar-refractivity contribution in [2.45, 2.75) is 46.5 Å². The summed E-state index contributed by atoms with van der Waals surface area (Å²) >= 11 is 0. The Balaban J connectivity index is 2.32. The fourth-order valence-corrected chi connectivity index (χ4v) is 1.99. The molecule has 1 aromatic carbocycles. The zero-order chi connectivity index (χ0) is 14.1. The predicted octanol–water partition coefficient (Wildman–Crippen LogP) is 4.33. The van der Waals surface area contributed by atoms with Crippen molar-refractivity contribution in [2.75, 3.05) is 11.9 Å². The van der Waals surface area contributed by atoms with E-state index in [4.69, 9.17) is 0 Å². The van der Waals surface area contributed by atoms with E-state index < -0.39 is 0 Å². The minimum absolute atomic E-state index is 0.112. The molecule has 1 atom stereocenters. The van der Waals surface area contributed by atoms with Gasteiger partial charge in [0, 0.05) is 12.2 Å². The number of unbranched alkanes of at least 4 members (excludes halogenated alkanes) is 1. The highest BCUT2D eigenvalue weighted by atomic mass is 16.2. The number of carbonyl (C=O) groups is 1. The van der Waals surface area contributed by atoms with Crippen LogP contribution in [0.3, 0.4) is 0 Å². The molecule has 0 aromatic heterocycles. The van der Waals surface area contributed by atoms with Crippen molar-refractivity contribution >= 4 is 11.7 Å². The van der Waals surface area contributed by atoms with Gasteiger partial charge in [0.25, 0.3) is 0 Å². The first-order chi connectivity index (χ1) is 9.15. The van der Waals surface area contributed by atoms with Crippen LogP contribution in [-0.2, 0) is 0 Å². The molecule has 0 spiro atoms. The van der Waals surface area contributed by atoms with E-state index in [0.29, 0.717) is 5.92 Å². The van der Waals surface area contributed by atoms with Crippen LogP contribution in [0.1, 0.15) is 45.1 Å². The summed E-state index contributed by atoms with van der Waals surface area (Å²) in [6.45, 7) is 7.17. The molecule has 1 aromatic rings. The number of hydrogen-bond donors (Lipinski definition) is 2. The van der Waals surface area contributed by atoms with Crippen molar-refractivity contribution in [3.05, 3.63) is 29.8 Å². The first-order valence-electron chi connectivity index (χ1n) is 7.27. The Labute approximate surface area is 116 Å². The highest BCUT2D eigenvalue weighted by Crippen LogP contribution is 2.12. The normalized spacial score (nSPS) is 11.9. The number of nitrogens with one attached hydrogen (secondary N) is 2. The van der Waals surface area contributed by atoms with Crippen LogP contribution in [0.15, 0.2) is 24.3 Å². The molecule has 0 bridgehead atoms. The minimum atomic E-state index is -0.112. The summed E-state index contributed by atoms with van der Waals surface area (Å²) in [7, 11) is 0. The molecule has 2 N–H and O–H groups in total. The van der Waals surface area contributed by atoms with Gasteiger partial charge in [-0.25, -0.2) is 4.79 Å². The molecule has 1 unspecified atom stereocenters. The molecule has 3 nitrogen and oxygen atoms in total. The monoisotopic (exact) mass is 262 g/mol. The van der Waals surface area contributed by atoms with Crippen LogP contribution in [0.2, 0.25) is 0 Å². The lowest BCUT2D eigenvalue weighted by Gasteiger charge is -2.15. The molecular formula is C16H26N2O. The molecule has 0 aliphatic rings. The Bertz CT molecular complexity index is 373. The van der Waals surface area contributed by atoms with Gasteiger partial charge in [-0.15, -0.1) is 0 Å². The van der Waals surface area contributed by atoms with Crippen molar-refractivity contribution in [2.24, 2.45) is 5.92 Å². The average Bonchev–Trinajstić information content (AvgIpc) is 2.42. The van der Waals surface area contributed by atoms with Crippen molar-refractivity contribution in [3.63, 3.8) is 0 Å². The van der Waals surface area contributed by atoms with Gasteiger partial charge in [0.2, 0.25) is 0 Å². The second-order valence-corrected chi connectivity index (χ2v) is 5.12. The number of anilines is 1. The number of hydrogen-bond acceptors (Lipinski definition) is 1. The fraction of sp³-hybridized carbons (Fsp3) is 0.562. The maximum atomic E-state index is 11.8. The molecule has 0 radical (unpaired) electrons. The largest absolute Gasteiger partial charge is 0.338 e. The maximum absolute atomic E-state index is 11.8. The molecule has 0 fully saturated rings. The number of benzene rings is 1. The molecule has 19 heavy (non-hydrogen) atoms. The zero-order valence-electron chi connectivity index (χ0n) is 12.3.